The summed E-state index contributed by atoms with van der Waals surface area (Å²) in [7, 11) is 3.23. The number of amides is 1. The highest BCUT2D eigenvalue weighted by atomic mass is 16.6. The molecule has 0 spiro atoms. The van der Waals surface area contributed by atoms with Gasteiger partial charge >= 0.3 is 0 Å². The summed E-state index contributed by atoms with van der Waals surface area (Å²) in [6.07, 6.45) is 0. The molecular weight excluding hydrogens is 236 g/mol. The molecule has 0 radical (unpaired) electrons. The summed E-state index contributed by atoms with van der Waals surface area (Å²) in [6.45, 7) is 0.0273. The van der Waals surface area contributed by atoms with E-state index in [-0.39, 0.29) is 23.7 Å². The van der Waals surface area contributed by atoms with E-state index in [1.54, 1.807) is 14.1 Å². The highest BCUT2D eigenvalue weighted by Crippen LogP contribution is 2.21. The fraction of sp³-hybridized carbons (Fsp3) is 0.273. The largest absolute Gasteiger partial charge is 0.375 e. The molecular formula is C11H12N4O3. The lowest BCUT2D eigenvalue weighted by Crippen LogP contribution is -2.28. The minimum absolute atomic E-state index is 0.0273. The van der Waals surface area contributed by atoms with Gasteiger partial charge in [0.1, 0.15) is 6.07 Å². The van der Waals surface area contributed by atoms with Crippen molar-refractivity contribution in [2.75, 3.05) is 26.0 Å². The van der Waals surface area contributed by atoms with Gasteiger partial charge in [-0.25, -0.2) is 0 Å². The van der Waals surface area contributed by atoms with Crippen molar-refractivity contribution in [1.29, 1.82) is 5.26 Å². The number of nitrogens with one attached hydrogen (secondary N) is 1. The Hall–Kier alpha value is -2.62. The van der Waals surface area contributed by atoms with Gasteiger partial charge in [-0.05, 0) is 6.07 Å². The Morgan fingerprint density at radius 1 is 1.56 bits per heavy atom. The van der Waals surface area contributed by atoms with Crippen LogP contribution < -0.4 is 5.32 Å². The molecule has 0 saturated heterocycles. The van der Waals surface area contributed by atoms with E-state index in [1.807, 2.05) is 6.07 Å². The van der Waals surface area contributed by atoms with Crippen LogP contribution in [-0.4, -0.2) is 36.4 Å². The second-order valence-electron chi connectivity index (χ2n) is 3.74. The Morgan fingerprint density at radius 3 is 2.72 bits per heavy atom. The van der Waals surface area contributed by atoms with Crippen LogP contribution in [0.25, 0.3) is 0 Å². The summed E-state index contributed by atoms with van der Waals surface area (Å²) in [4.78, 5) is 22.7. The second-order valence-corrected chi connectivity index (χ2v) is 3.74. The Labute approximate surface area is 104 Å². The molecule has 0 aliphatic carbocycles. The molecule has 0 atom stereocenters. The highest BCUT2D eigenvalue weighted by Gasteiger charge is 2.11. The number of carbonyl (C=O) groups excluding carboxylic acids is 1. The van der Waals surface area contributed by atoms with Crippen LogP contribution in [0.3, 0.4) is 0 Å². The zero-order valence-electron chi connectivity index (χ0n) is 10.0. The van der Waals surface area contributed by atoms with Crippen molar-refractivity contribution >= 4 is 17.3 Å². The number of non-ortho nitro benzene ring substituents is 1. The summed E-state index contributed by atoms with van der Waals surface area (Å²) >= 11 is 0. The maximum absolute atomic E-state index is 11.4. The van der Waals surface area contributed by atoms with E-state index >= 15 is 0 Å². The number of nitro benzene ring substituents is 1. The van der Waals surface area contributed by atoms with E-state index < -0.39 is 4.92 Å². The molecule has 0 aliphatic heterocycles. The van der Waals surface area contributed by atoms with Crippen LogP contribution in [0.2, 0.25) is 0 Å². The molecule has 1 aromatic rings. The summed E-state index contributed by atoms with van der Waals surface area (Å²) in [6, 6.07) is 5.72. The SMILES string of the molecule is CN(C)C(=O)CNc1ccc([N+](=O)[O-])cc1C#N. The average molecular weight is 248 g/mol. The van der Waals surface area contributed by atoms with Gasteiger partial charge in [-0.2, -0.15) is 5.26 Å². The van der Waals surface area contributed by atoms with Crippen molar-refractivity contribution in [3.8, 4) is 6.07 Å². The summed E-state index contributed by atoms with van der Waals surface area (Å²) in [5.41, 5.74) is 0.380. The standard InChI is InChI=1S/C11H12N4O3/c1-14(2)11(16)7-13-10-4-3-9(15(17)18)5-8(10)6-12/h3-5,13H,7H2,1-2H3. The smallest absolute Gasteiger partial charge is 0.270 e. The quantitative estimate of drug-likeness (QED) is 0.632. The molecule has 18 heavy (non-hydrogen) atoms. The van der Waals surface area contributed by atoms with E-state index in [0.717, 1.165) is 0 Å². The average Bonchev–Trinajstić information content (AvgIpc) is 2.35. The van der Waals surface area contributed by atoms with Crippen LogP contribution in [0.5, 0.6) is 0 Å². The van der Waals surface area contributed by atoms with Crippen LogP contribution in [0.15, 0.2) is 18.2 Å². The first-order chi connectivity index (χ1) is 8.45. The number of likely N-dealkylation sites (N-methyl/N-ethyl adjacent to an activating group) is 1. The van der Waals surface area contributed by atoms with Gasteiger partial charge in [-0.1, -0.05) is 0 Å². The van der Waals surface area contributed by atoms with Crippen LogP contribution in [-0.2, 0) is 4.79 Å². The van der Waals surface area contributed by atoms with Gasteiger partial charge in [0, 0.05) is 26.2 Å². The normalized spacial score (nSPS) is 9.39. The third-order valence-electron chi connectivity index (χ3n) is 2.26. The first-order valence-corrected chi connectivity index (χ1v) is 5.08. The van der Waals surface area contributed by atoms with Crippen molar-refractivity contribution in [2.45, 2.75) is 0 Å². The minimum atomic E-state index is -0.574. The Bertz CT molecular complexity index is 520. The van der Waals surface area contributed by atoms with Gasteiger partial charge in [-0.15, -0.1) is 0 Å². The lowest BCUT2D eigenvalue weighted by atomic mass is 10.1. The molecule has 1 rings (SSSR count). The van der Waals surface area contributed by atoms with Gasteiger partial charge in [0.25, 0.3) is 5.69 Å². The van der Waals surface area contributed by atoms with E-state index in [2.05, 4.69) is 5.32 Å². The Balaban J connectivity index is 2.87. The molecule has 0 saturated carbocycles. The van der Waals surface area contributed by atoms with Crippen molar-refractivity contribution in [1.82, 2.24) is 4.90 Å². The van der Waals surface area contributed by atoms with Crippen molar-refractivity contribution in [3.63, 3.8) is 0 Å². The number of nitrogens with zero attached hydrogens (tertiary/aromatic N) is 3. The van der Waals surface area contributed by atoms with Gasteiger partial charge < -0.3 is 10.2 Å². The number of nitro groups is 1. The molecule has 94 valence electrons. The van der Waals surface area contributed by atoms with Crippen LogP contribution in [0.1, 0.15) is 5.56 Å². The molecule has 0 bridgehead atoms. The molecule has 0 heterocycles. The van der Waals surface area contributed by atoms with Gasteiger partial charge in [-0.3, -0.25) is 14.9 Å². The lowest BCUT2D eigenvalue weighted by molar-refractivity contribution is -0.384. The van der Waals surface area contributed by atoms with E-state index in [1.165, 1.54) is 23.1 Å². The minimum Gasteiger partial charge on any atom is -0.375 e. The molecule has 0 aromatic heterocycles. The third-order valence-corrected chi connectivity index (χ3v) is 2.26. The molecule has 0 fully saturated rings. The lowest BCUT2D eigenvalue weighted by Gasteiger charge is -2.12. The number of nitriles is 1. The molecule has 1 N–H and O–H groups in total. The first kappa shape index (κ1) is 13.4. The summed E-state index contributed by atoms with van der Waals surface area (Å²) in [5, 5.41) is 22.2. The Kier molecular flexibility index (Phi) is 4.21. The zero-order chi connectivity index (χ0) is 13.7. The van der Waals surface area contributed by atoms with Crippen molar-refractivity contribution in [2.24, 2.45) is 0 Å². The fourth-order valence-electron chi connectivity index (χ4n) is 1.22. The number of rotatable bonds is 4. The number of hydrogen-bond donors (Lipinski definition) is 1. The maximum Gasteiger partial charge on any atom is 0.270 e. The fourth-order valence-corrected chi connectivity index (χ4v) is 1.22. The first-order valence-electron chi connectivity index (χ1n) is 5.08. The predicted octanol–water partition coefficient (Wildman–Crippen LogP) is 0.967. The Morgan fingerprint density at radius 2 is 2.22 bits per heavy atom. The molecule has 7 heteroatoms. The number of carbonyl (C=O) groups is 1. The van der Waals surface area contributed by atoms with Crippen LogP contribution >= 0.6 is 0 Å². The summed E-state index contributed by atoms with van der Waals surface area (Å²) < 4.78 is 0. The third kappa shape index (κ3) is 3.18. The van der Waals surface area contributed by atoms with E-state index in [0.29, 0.717) is 5.69 Å². The van der Waals surface area contributed by atoms with Crippen LogP contribution in [0.4, 0.5) is 11.4 Å². The molecule has 0 aliphatic rings. The number of hydrogen-bond acceptors (Lipinski definition) is 5. The predicted molar refractivity (Wildman–Crippen MR) is 65.0 cm³/mol. The highest BCUT2D eigenvalue weighted by molar-refractivity contribution is 5.81. The second kappa shape index (κ2) is 5.63. The monoisotopic (exact) mass is 248 g/mol. The topological polar surface area (TPSA) is 99.3 Å². The molecule has 7 nitrogen and oxygen atoms in total. The number of benzene rings is 1. The molecule has 0 unspecified atom stereocenters. The van der Waals surface area contributed by atoms with Gasteiger partial charge in [0.05, 0.1) is 22.7 Å². The molecule has 1 aromatic carbocycles. The maximum atomic E-state index is 11.4. The van der Waals surface area contributed by atoms with Gasteiger partial charge in [0.15, 0.2) is 0 Å². The number of anilines is 1. The van der Waals surface area contributed by atoms with Crippen LogP contribution in [0, 0.1) is 21.4 Å². The van der Waals surface area contributed by atoms with Crippen molar-refractivity contribution in [3.05, 3.63) is 33.9 Å². The summed E-state index contributed by atoms with van der Waals surface area (Å²) in [5.74, 6) is -0.155. The van der Waals surface area contributed by atoms with Gasteiger partial charge in [0.2, 0.25) is 5.91 Å². The molecule has 1 amide bonds. The van der Waals surface area contributed by atoms with E-state index in [4.69, 9.17) is 5.26 Å². The van der Waals surface area contributed by atoms with Crippen molar-refractivity contribution < 1.29 is 9.72 Å². The zero-order valence-corrected chi connectivity index (χ0v) is 10.0. The van der Waals surface area contributed by atoms with E-state index in [9.17, 15) is 14.9 Å².